The molecule has 2 heterocycles. The molecule has 4 N–H and O–H groups in total. The molecule has 0 unspecified atom stereocenters. The number of amides is 2. The molecule has 0 bridgehead atoms. The van der Waals surface area contributed by atoms with Crippen LogP contribution >= 0.6 is 0 Å². The molecule has 3 aromatic carbocycles. The first-order valence-electron chi connectivity index (χ1n) is 12.9. The lowest BCUT2D eigenvalue weighted by molar-refractivity contribution is 0.0786. The van der Waals surface area contributed by atoms with Crippen molar-refractivity contribution >= 4 is 34.5 Å². The lowest BCUT2D eigenvalue weighted by atomic mass is 9.98. The topological polar surface area (TPSA) is 108 Å². The number of benzene rings is 3. The van der Waals surface area contributed by atoms with Gasteiger partial charge in [-0.05, 0) is 86.5 Å². The SMILES string of the molecule is CNC(=O)c1ccc(NC(=O)c2cc(-c3cn4cccc4c(Nc4ccc(C(C)(C)O)cc4)n3)ccc2C)cc1. The Labute approximate surface area is 232 Å². The van der Waals surface area contributed by atoms with E-state index in [1.54, 1.807) is 45.2 Å². The highest BCUT2D eigenvalue weighted by Gasteiger charge is 2.17. The van der Waals surface area contributed by atoms with Crippen LogP contribution in [0.25, 0.3) is 16.8 Å². The largest absolute Gasteiger partial charge is 0.386 e. The van der Waals surface area contributed by atoms with Crippen molar-refractivity contribution in [3.05, 3.63) is 114 Å². The predicted molar refractivity (Wildman–Crippen MR) is 158 cm³/mol. The summed E-state index contributed by atoms with van der Waals surface area (Å²) in [5, 5.41) is 19.2. The summed E-state index contributed by atoms with van der Waals surface area (Å²) in [6, 6.07) is 24.0. The summed E-state index contributed by atoms with van der Waals surface area (Å²) < 4.78 is 1.99. The Bertz CT molecular complexity index is 1700. The maximum absolute atomic E-state index is 13.2. The van der Waals surface area contributed by atoms with Crippen LogP contribution in [0.3, 0.4) is 0 Å². The van der Waals surface area contributed by atoms with Gasteiger partial charge in [0.15, 0.2) is 5.82 Å². The molecule has 0 saturated heterocycles. The maximum Gasteiger partial charge on any atom is 0.255 e. The second-order valence-electron chi connectivity index (χ2n) is 10.2. The third-order valence-electron chi connectivity index (χ3n) is 6.78. The minimum Gasteiger partial charge on any atom is -0.386 e. The molecule has 2 amide bonds. The number of carbonyl (C=O) groups excluding carboxylic acids is 2. The predicted octanol–water partition coefficient (Wildman–Crippen LogP) is 5.89. The number of rotatable bonds is 7. The Balaban J connectivity index is 1.43. The van der Waals surface area contributed by atoms with Gasteiger partial charge in [0, 0.05) is 47.5 Å². The van der Waals surface area contributed by atoms with E-state index in [1.807, 2.05) is 78.3 Å². The molecule has 5 rings (SSSR count). The fourth-order valence-corrected chi connectivity index (χ4v) is 4.45. The Morgan fingerprint density at radius 3 is 2.27 bits per heavy atom. The number of nitrogens with one attached hydrogen (secondary N) is 3. The fourth-order valence-electron chi connectivity index (χ4n) is 4.45. The van der Waals surface area contributed by atoms with Gasteiger partial charge < -0.3 is 25.5 Å². The van der Waals surface area contributed by atoms with Crippen molar-refractivity contribution in [3.63, 3.8) is 0 Å². The first kappa shape index (κ1) is 26.6. The van der Waals surface area contributed by atoms with Gasteiger partial charge in [-0.15, -0.1) is 0 Å². The van der Waals surface area contributed by atoms with E-state index >= 15 is 0 Å². The van der Waals surface area contributed by atoms with Crippen LogP contribution in [0.2, 0.25) is 0 Å². The van der Waals surface area contributed by atoms with Crippen molar-refractivity contribution in [3.8, 4) is 11.3 Å². The molecule has 0 fully saturated rings. The third-order valence-corrected chi connectivity index (χ3v) is 6.78. The van der Waals surface area contributed by atoms with Gasteiger partial charge in [0.1, 0.15) is 0 Å². The van der Waals surface area contributed by atoms with E-state index in [2.05, 4.69) is 16.0 Å². The number of carbonyl (C=O) groups is 2. The molecule has 0 saturated carbocycles. The van der Waals surface area contributed by atoms with Crippen molar-refractivity contribution in [1.29, 1.82) is 0 Å². The second-order valence-corrected chi connectivity index (χ2v) is 10.2. The summed E-state index contributed by atoms with van der Waals surface area (Å²) in [7, 11) is 1.58. The Morgan fingerprint density at radius 1 is 0.900 bits per heavy atom. The number of fused-ring (bicyclic) bond motifs is 1. The number of nitrogens with zero attached hydrogens (tertiary/aromatic N) is 2. The highest BCUT2D eigenvalue weighted by atomic mass is 16.3. The van der Waals surface area contributed by atoms with E-state index in [9.17, 15) is 14.7 Å². The quantitative estimate of drug-likeness (QED) is 0.209. The molecule has 0 aliphatic rings. The number of hydrogen-bond acceptors (Lipinski definition) is 5. The van der Waals surface area contributed by atoms with Gasteiger partial charge in [-0.25, -0.2) is 4.98 Å². The van der Waals surface area contributed by atoms with E-state index in [0.29, 0.717) is 28.3 Å². The van der Waals surface area contributed by atoms with Crippen LogP contribution in [0.5, 0.6) is 0 Å². The summed E-state index contributed by atoms with van der Waals surface area (Å²) in [5.74, 6) is 0.231. The zero-order valence-corrected chi connectivity index (χ0v) is 22.8. The van der Waals surface area contributed by atoms with Gasteiger partial charge in [0.2, 0.25) is 0 Å². The zero-order valence-electron chi connectivity index (χ0n) is 22.8. The van der Waals surface area contributed by atoms with Crippen LogP contribution in [0.4, 0.5) is 17.2 Å². The van der Waals surface area contributed by atoms with Gasteiger partial charge in [-0.1, -0.05) is 24.3 Å². The molecular weight excluding hydrogens is 502 g/mol. The molecule has 40 heavy (non-hydrogen) atoms. The van der Waals surface area contributed by atoms with E-state index < -0.39 is 5.60 Å². The minimum atomic E-state index is -0.921. The molecular formula is C32H31N5O3. The smallest absolute Gasteiger partial charge is 0.255 e. The monoisotopic (exact) mass is 533 g/mol. The average Bonchev–Trinajstić information content (AvgIpc) is 3.42. The molecule has 0 aliphatic heterocycles. The van der Waals surface area contributed by atoms with Crippen molar-refractivity contribution in [2.45, 2.75) is 26.4 Å². The Kier molecular flexibility index (Phi) is 7.11. The van der Waals surface area contributed by atoms with Crippen LogP contribution in [-0.2, 0) is 5.60 Å². The highest BCUT2D eigenvalue weighted by Crippen LogP contribution is 2.28. The van der Waals surface area contributed by atoms with Crippen LogP contribution in [0.15, 0.2) is 91.3 Å². The van der Waals surface area contributed by atoms with Crippen molar-refractivity contribution < 1.29 is 14.7 Å². The molecule has 202 valence electrons. The van der Waals surface area contributed by atoms with E-state index in [4.69, 9.17) is 4.98 Å². The summed E-state index contributed by atoms with van der Waals surface area (Å²) >= 11 is 0. The molecule has 0 radical (unpaired) electrons. The Hall–Kier alpha value is -4.95. The summed E-state index contributed by atoms with van der Waals surface area (Å²) in [6.07, 6.45) is 3.88. The number of aliphatic hydroxyl groups is 1. The molecule has 0 aliphatic carbocycles. The molecule has 5 aromatic rings. The first-order chi connectivity index (χ1) is 19.1. The van der Waals surface area contributed by atoms with Gasteiger partial charge in [0.25, 0.3) is 11.8 Å². The lowest BCUT2D eigenvalue weighted by Crippen LogP contribution is -2.18. The lowest BCUT2D eigenvalue weighted by Gasteiger charge is -2.18. The third kappa shape index (κ3) is 5.57. The minimum absolute atomic E-state index is 0.187. The Morgan fingerprint density at radius 2 is 1.60 bits per heavy atom. The highest BCUT2D eigenvalue weighted by molar-refractivity contribution is 6.06. The molecule has 8 heteroatoms. The summed E-state index contributed by atoms with van der Waals surface area (Å²) in [4.78, 5) is 29.9. The summed E-state index contributed by atoms with van der Waals surface area (Å²) in [5.41, 5.74) is 5.60. The average molecular weight is 534 g/mol. The van der Waals surface area contributed by atoms with Crippen molar-refractivity contribution in [2.75, 3.05) is 17.7 Å². The van der Waals surface area contributed by atoms with Crippen LogP contribution in [0, 0.1) is 6.92 Å². The number of aromatic nitrogens is 2. The van der Waals surface area contributed by atoms with Gasteiger partial charge in [-0.2, -0.15) is 0 Å². The second kappa shape index (κ2) is 10.7. The number of aryl methyl sites for hydroxylation is 1. The van der Waals surface area contributed by atoms with E-state index in [-0.39, 0.29) is 11.8 Å². The normalized spacial score (nSPS) is 11.3. The van der Waals surface area contributed by atoms with Crippen LogP contribution < -0.4 is 16.0 Å². The van der Waals surface area contributed by atoms with Crippen LogP contribution in [-0.4, -0.2) is 33.4 Å². The van der Waals surface area contributed by atoms with E-state index in [1.165, 1.54) is 0 Å². The van der Waals surface area contributed by atoms with Gasteiger partial charge in [0.05, 0.1) is 16.8 Å². The van der Waals surface area contributed by atoms with Crippen LogP contribution in [0.1, 0.15) is 45.7 Å². The van der Waals surface area contributed by atoms with Gasteiger partial charge in [-0.3, -0.25) is 9.59 Å². The fraction of sp³-hybridized carbons (Fsp3) is 0.156. The molecule has 0 atom stereocenters. The standard InChI is InChI=1S/C32H31N5O3/c1-20-7-8-22(18-26(20)31(39)35-25-13-9-21(10-14-25)30(38)33-4)27-19-37-17-5-6-28(37)29(36-27)34-24-15-11-23(12-16-24)32(2,3)40/h5-19,40H,1-4H3,(H,33,38)(H,34,36)(H,35,39). The van der Waals surface area contributed by atoms with E-state index in [0.717, 1.165) is 27.9 Å². The van der Waals surface area contributed by atoms with Crippen molar-refractivity contribution in [1.82, 2.24) is 14.7 Å². The molecule has 0 spiro atoms. The zero-order chi connectivity index (χ0) is 28.4. The molecule has 8 nitrogen and oxygen atoms in total. The molecule has 2 aromatic heterocycles. The van der Waals surface area contributed by atoms with Crippen molar-refractivity contribution in [2.24, 2.45) is 0 Å². The summed E-state index contributed by atoms with van der Waals surface area (Å²) in [6.45, 7) is 5.40. The maximum atomic E-state index is 13.2. The number of anilines is 3. The van der Waals surface area contributed by atoms with Gasteiger partial charge >= 0.3 is 0 Å². The number of hydrogen-bond donors (Lipinski definition) is 4. The first-order valence-corrected chi connectivity index (χ1v) is 12.9.